The van der Waals surface area contributed by atoms with Gasteiger partial charge in [0.2, 0.25) is 0 Å². The predicted molar refractivity (Wildman–Crippen MR) is 86.9 cm³/mol. The monoisotopic (exact) mass is 290 g/mol. The molecule has 0 aromatic heterocycles. The third kappa shape index (κ3) is 14.6. The molecule has 0 aliphatic heterocycles. The Morgan fingerprint density at radius 1 is 0.579 bits per heavy atom. The van der Waals surface area contributed by atoms with E-state index in [-0.39, 0.29) is 0 Å². The van der Waals surface area contributed by atoms with Gasteiger partial charge in [0, 0.05) is 6.16 Å². The summed E-state index contributed by atoms with van der Waals surface area (Å²) in [4.78, 5) is 0. The van der Waals surface area contributed by atoms with Crippen LogP contribution in [-0.2, 0) is 9.05 Å². The van der Waals surface area contributed by atoms with Crippen molar-refractivity contribution in [2.75, 3.05) is 19.4 Å². The lowest BCUT2D eigenvalue weighted by molar-refractivity contribution is 0.268. The lowest BCUT2D eigenvalue weighted by atomic mass is 10.1. The van der Waals surface area contributed by atoms with Crippen LogP contribution in [-0.4, -0.2) is 19.4 Å². The van der Waals surface area contributed by atoms with Gasteiger partial charge >= 0.3 is 0 Å². The highest BCUT2D eigenvalue weighted by molar-refractivity contribution is 7.47. The lowest BCUT2D eigenvalue weighted by Gasteiger charge is -2.15. The second-order valence-corrected chi connectivity index (χ2v) is 6.70. The minimum atomic E-state index is -0.595. The Morgan fingerprint density at radius 3 is 1.42 bits per heavy atom. The maximum absolute atomic E-state index is 5.61. The molecular weight excluding hydrogens is 255 g/mol. The molecule has 0 N–H and O–H groups in total. The van der Waals surface area contributed by atoms with E-state index in [2.05, 4.69) is 6.92 Å². The van der Waals surface area contributed by atoms with Crippen LogP contribution in [0.4, 0.5) is 0 Å². The van der Waals surface area contributed by atoms with E-state index < -0.39 is 8.38 Å². The molecule has 0 aromatic carbocycles. The van der Waals surface area contributed by atoms with Gasteiger partial charge in [-0.25, -0.2) is 0 Å². The van der Waals surface area contributed by atoms with Gasteiger partial charge in [0.1, 0.15) is 0 Å². The number of unbranched alkanes of at least 4 members (excludes halogenated alkanes) is 9. The van der Waals surface area contributed by atoms with Gasteiger partial charge in [-0.3, -0.25) is 0 Å². The van der Waals surface area contributed by atoms with E-state index in [0.717, 1.165) is 19.4 Å². The molecule has 0 aliphatic carbocycles. The third-order valence-electron chi connectivity index (χ3n) is 3.24. The molecule has 0 aromatic rings. The van der Waals surface area contributed by atoms with Gasteiger partial charge in [0.15, 0.2) is 8.38 Å². The van der Waals surface area contributed by atoms with Crippen molar-refractivity contribution in [3.05, 3.63) is 0 Å². The summed E-state index contributed by atoms with van der Waals surface area (Å²) < 4.78 is 11.2. The highest BCUT2D eigenvalue weighted by Crippen LogP contribution is 2.39. The van der Waals surface area contributed by atoms with Gasteiger partial charge in [-0.05, 0) is 20.3 Å². The molecule has 0 saturated heterocycles. The predicted octanol–water partition coefficient (Wildman–Crippen LogP) is 6.29. The van der Waals surface area contributed by atoms with E-state index in [1.165, 1.54) is 64.2 Å². The fourth-order valence-electron chi connectivity index (χ4n) is 2.18. The molecule has 3 heteroatoms. The van der Waals surface area contributed by atoms with Crippen LogP contribution in [0.5, 0.6) is 0 Å². The number of rotatable bonds is 15. The highest BCUT2D eigenvalue weighted by Gasteiger charge is 2.07. The van der Waals surface area contributed by atoms with Gasteiger partial charge in [-0.15, -0.1) is 0 Å². The second-order valence-electron chi connectivity index (χ2n) is 5.07. The first-order chi connectivity index (χ1) is 9.35. The fourth-order valence-corrected chi connectivity index (χ4v) is 3.57. The van der Waals surface area contributed by atoms with Crippen LogP contribution in [0.2, 0.25) is 0 Å². The zero-order valence-corrected chi connectivity index (χ0v) is 14.4. The van der Waals surface area contributed by atoms with E-state index in [1.54, 1.807) is 0 Å². The molecule has 19 heavy (non-hydrogen) atoms. The summed E-state index contributed by atoms with van der Waals surface area (Å²) in [6.45, 7) is 7.94. The number of hydrogen-bond donors (Lipinski definition) is 0. The molecular formula is C16H35O2P. The van der Waals surface area contributed by atoms with E-state index in [1.807, 2.05) is 13.8 Å². The molecule has 0 radical (unpaired) electrons. The topological polar surface area (TPSA) is 18.5 Å². The van der Waals surface area contributed by atoms with Gasteiger partial charge in [-0.1, -0.05) is 64.7 Å². The Labute approximate surface area is 122 Å². The summed E-state index contributed by atoms with van der Waals surface area (Å²) in [5.74, 6) is 0. The molecule has 0 atom stereocenters. The largest absolute Gasteiger partial charge is 0.334 e. The number of hydrogen-bond acceptors (Lipinski definition) is 2. The Morgan fingerprint density at radius 2 is 1.00 bits per heavy atom. The summed E-state index contributed by atoms with van der Waals surface area (Å²) >= 11 is 0. The van der Waals surface area contributed by atoms with Crippen LogP contribution >= 0.6 is 8.38 Å². The van der Waals surface area contributed by atoms with E-state index in [4.69, 9.17) is 9.05 Å². The summed E-state index contributed by atoms with van der Waals surface area (Å²) in [5, 5.41) is 0. The van der Waals surface area contributed by atoms with Crippen molar-refractivity contribution in [3.8, 4) is 0 Å². The van der Waals surface area contributed by atoms with Crippen LogP contribution in [0.1, 0.15) is 85.0 Å². The zero-order chi connectivity index (χ0) is 14.2. The Bertz CT molecular complexity index is 159. The Kier molecular flexibility index (Phi) is 16.7. The highest BCUT2D eigenvalue weighted by atomic mass is 31.2. The first kappa shape index (κ1) is 19.4. The van der Waals surface area contributed by atoms with Crippen molar-refractivity contribution >= 4 is 8.38 Å². The maximum Gasteiger partial charge on any atom is 0.170 e. The van der Waals surface area contributed by atoms with E-state index in [0.29, 0.717) is 0 Å². The van der Waals surface area contributed by atoms with Crippen molar-refractivity contribution in [1.29, 1.82) is 0 Å². The maximum atomic E-state index is 5.61. The molecule has 0 bridgehead atoms. The van der Waals surface area contributed by atoms with Crippen molar-refractivity contribution in [2.45, 2.75) is 85.0 Å². The molecule has 0 amide bonds. The normalized spacial score (nSPS) is 11.4. The first-order valence-corrected chi connectivity index (χ1v) is 9.74. The van der Waals surface area contributed by atoms with Crippen molar-refractivity contribution in [1.82, 2.24) is 0 Å². The molecule has 0 spiro atoms. The van der Waals surface area contributed by atoms with Crippen molar-refractivity contribution in [2.24, 2.45) is 0 Å². The second kappa shape index (κ2) is 16.4. The van der Waals surface area contributed by atoms with Gasteiger partial charge in [-0.2, -0.15) is 0 Å². The average Bonchev–Trinajstić information content (AvgIpc) is 2.41. The molecule has 0 fully saturated rings. The van der Waals surface area contributed by atoms with Crippen LogP contribution in [0.25, 0.3) is 0 Å². The van der Waals surface area contributed by atoms with Crippen LogP contribution < -0.4 is 0 Å². The molecule has 0 saturated carbocycles. The summed E-state index contributed by atoms with van der Waals surface area (Å²) in [6, 6.07) is 0. The average molecular weight is 290 g/mol. The van der Waals surface area contributed by atoms with Crippen LogP contribution in [0, 0.1) is 0 Å². The molecule has 116 valence electrons. The van der Waals surface area contributed by atoms with Gasteiger partial charge in [0.05, 0.1) is 13.2 Å². The SMILES string of the molecule is CCCCCCCCCCCCP(OCC)OCC. The van der Waals surface area contributed by atoms with E-state index >= 15 is 0 Å². The third-order valence-corrected chi connectivity index (χ3v) is 5.01. The minimum absolute atomic E-state index is 0.595. The molecule has 0 rings (SSSR count). The molecule has 0 aliphatic rings. The molecule has 0 heterocycles. The zero-order valence-electron chi connectivity index (χ0n) is 13.5. The summed E-state index contributed by atoms with van der Waals surface area (Å²) in [6.07, 6.45) is 15.0. The molecule has 2 nitrogen and oxygen atoms in total. The van der Waals surface area contributed by atoms with Gasteiger partial charge in [0.25, 0.3) is 0 Å². The Hall–Kier alpha value is 0.350. The first-order valence-electron chi connectivity index (χ1n) is 8.38. The molecule has 0 unspecified atom stereocenters. The van der Waals surface area contributed by atoms with Crippen molar-refractivity contribution < 1.29 is 9.05 Å². The summed E-state index contributed by atoms with van der Waals surface area (Å²) in [7, 11) is -0.595. The van der Waals surface area contributed by atoms with Crippen LogP contribution in [0.3, 0.4) is 0 Å². The quantitative estimate of drug-likeness (QED) is 0.260. The van der Waals surface area contributed by atoms with E-state index in [9.17, 15) is 0 Å². The lowest BCUT2D eigenvalue weighted by Crippen LogP contribution is -1.95. The Balaban J connectivity index is 3.20. The minimum Gasteiger partial charge on any atom is -0.334 e. The fraction of sp³-hybridized carbons (Fsp3) is 1.00. The standard InChI is InChI=1S/C16H35O2P/c1-4-7-8-9-10-11-12-13-14-15-16-19(17-5-2)18-6-3/h4-16H2,1-3H3. The summed E-state index contributed by atoms with van der Waals surface area (Å²) in [5.41, 5.74) is 0. The van der Waals surface area contributed by atoms with Crippen molar-refractivity contribution in [3.63, 3.8) is 0 Å². The van der Waals surface area contributed by atoms with Gasteiger partial charge < -0.3 is 9.05 Å². The van der Waals surface area contributed by atoms with Crippen LogP contribution in [0.15, 0.2) is 0 Å². The smallest absolute Gasteiger partial charge is 0.170 e.